The van der Waals surface area contributed by atoms with Crippen LogP contribution in [0.3, 0.4) is 0 Å². The highest BCUT2D eigenvalue weighted by molar-refractivity contribution is 6.04. The van der Waals surface area contributed by atoms with E-state index in [4.69, 9.17) is 24.2 Å². The number of amides is 2. The van der Waals surface area contributed by atoms with Crippen LogP contribution in [-0.4, -0.2) is 83.7 Å². The van der Waals surface area contributed by atoms with Crippen LogP contribution in [0.5, 0.6) is 11.5 Å². The zero-order valence-electron chi connectivity index (χ0n) is 41.1. The molecule has 3 aromatic carbocycles. The number of oxime groups is 1. The predicted molar refractivity (Wildman–Crippen MR) is 268 cm³/mol. The number of aliphatic hydroxyl groups excluding tert-OH is 2. The zero-order chi connectivity index (χ0) is 47.8. The first-order chi connectivity index (χ1) is 32.4. The number of unbranched alkanes of at least 4 members (excludes halogenated alkanes) is 11. The number of aliphatic hydroxyl groups is 2. The molecule has 1 saturated carbocycles. The third-order valence-corrected chi connectivity index (χ3v) is 13.9. The fourth-order valence-corrected chi connectivity index (χ4v) is 10.6. The summed E-state index contributed by atoms with van der Waals surface area (Å²) in [6.45, 7) is 13.1. The summed E-state index contributed by atoms with van der Waals surface area (Å²) in [5.41, 5.74) is 2.50. The molecule has 1 aliphatic heterocycles. The maximum atomic E-state index is 14.9. The van der Waals surface area contributed by atoms with E-state index in [0.717, 1.165) is 72.6 Å². The number of hydrogen-bond donors (Lipinski definition) is 3. The van der Waals surface area contributed by atoms with Crippen molar-refractivity contribution >= 4 is 28.5 Å². The lowest BCUT2D eigenvalue weighted by Crippen LogP contribution is -2.69. The summed E-state index contributed by atoms with van der Waals surface area (Å²) in [6.07, 6.45) is 20.5. The van der Waals surface area contributed by atoms with Gasteiger partial charge < -0.3 is 39.5 Å². The summed E-state index contributed by atoms with van der Waals surface area (Å²) in [6, 6.07) is 18.7. The van der Waals surface area contributed by atoms with Crippen molar-refractivity contribution in [1.29, 1.82) is 0 Å². The van der Waals surface area contributed by atoms with E-state index in [9.17, 15) is 19.8 Å². The number of nitrogens with zero attached hydrogens (tertiary/aromatic N) is 2. The van der Waals surface area contributed by atoms with Gasteiger partial charge in [0, 0.05) is 50.3 Å². The lowest BCUT2D eigenvalue weighted by atomic mass is 9.55. The molecule has 1 heterocycles. The van der Waals surface area contributed by atoms with Gasteiger partial charge in [-0.1, -0.05) is 125 Å². The Morgan fingerprint density at radius 2 is 1.57 bits per heavy atom. The smallest absolute Gasteiger partial charge is 0.412 e. The molecule has 0 spiro atoms. The van der Waals surface area contributed by atoms with E-state index in [0.29, 0.717) is 36.4 Å². The maximum Gasteiger partial charge on any atom is 0.412 e. The molecule has 0 saturated heterocycles. The van der Waals surface area contributed by atoms with Gasteiger partial charge in [0.25, 0.3) is 5.91 Å². The molecule has 11 heteroatoms. The van der Waals surface area contributed by atoms with Crippen LogP contribution in [0, 0.1) is 17.8 Å². The standard InChI is InChI=1S/C56H79N3O8/c1-7-9-10-11-12-13-14-15-16-21-32-57-54(63)65-44-30-31-49-47(38-44)51-45(27-20-23-34-61)42(26-19-22-33-60)37-46-48(58-67-55(3,4)5)39-50(56(66-49,52(46)51)64-35-8-2)59(6)53(62)43-29-28-40-24-17-18-25-41(40)36-43/h8,17-18,24-25,28-31,36-38,42,45,50-52,60-61H,2,7,9-16,19-23,26-27,32-35,39H2,1,3-6H3,(H,57,63)/t42-,45+,50-,51+,52+,56+/m0/s1. The van der Waals surface area contributed by atoms with Crippen LogP contribution in [0.2, 0.25) is 0 Å². The fourth-order valence-electron chi connectivity index (χ4n) is 10.6. The van der Waals surface area contributed by atoms with E-state index in [2.05, 4.69) is 24.9 Å². The van der Waals surface area contributed by atoms with Crippen molar-refractivity contribution in [3.63, 3.8) is 0 Å². The van der Waals surface area contributed by atoms with Gasteiger partial charge in [0.1, 0.15) is 23.1 Å². The Hall–Kier alpha value is -4.71. The first kappa shape index (κ1) is 51.7. The van der Waals surface area contributed by atoms with Crippen LogP contribution in [0.4, 0.5) is 4.79 Å². The highest BCUT2D eigenvalue weighted by Gasteiger charge is 2.65. The normalized spacial score (nSPS) is 22.6. The van der Waals surface area contributed by atoms with E-state index in [1.54, 1.807) is 17.0 Å². The molecule has 2 aliphatic carbocycles. The van der Waals surface area contributed by atoms with Gasteiger partial charge in [-0.2, -0.15) is 0 Å². The molecule has 0 radical (unpaired) electrons. The Labute approximate surface area is 400 Å². The summed E-state index contributed by atoms with van der Waals surface area (Å²) in [5.74, 6) is -1.24. The number of fused-ring (bicyclic) bond motifs is 3. The van der Waals surface area contributed by atoms with Gasteiger partial charge in [0.2, 0.25) is 5.79 Å². The second-order valence-electron chi connectivity index (χ2n) is 20.0. The monoisotopic (exact) mass is 922 g/mol. The quantitative estimate of drug-likeness (QED) is 0.0411. The van der Waals surface area contributed by atoms with Gasteiger partial charge in [0.05, 0.1) is 18.2 Å². The molecule has 0 bridgehead atoms. The second-order valence-corrected chi connectivity index (χ2v) is 20.0. The molecule has 6 atom stereocenters. The molecule has 3 N–H and O–H groups in total. The summed E-state index contributed by atoms with van der Waals surface area (Å²) < 4.78 is 20.4. The lowest BCUT2D eigenvalue weighted by molar-refractivity contribution is -0.252. The Bertz CT molecular complexity index is 2150. The van der Waals surface area contributed by atoms with Gasteiger partial charge in [0.15, 0.2) is 0 Å². The van der Waals surface area contributed by atoms with Crippen molar-refractivity contribution in [1.82, 2.24) is 10.2 Å². The summed E-state index contributed by atoms with van der Waals surface area (Å²) in [7, 11) is 1.82. The number of carbonyl (C=O) groups is 2. The number of carbonyl (C=O) groups excluding carboxylic acids is 2. The Morgan fingerprint density at radius 3 is 2.25 bits per heavy atom. The third-order valence-electron chi connectivity index (χ3n) is 13.9. The molecule has 6 rings (SSSR count). The van der Waals surface area contributed by atoms with Gasteiger partial charge in [-0.15, -0.1) is 6.58 Å². The minimum Gasteiger partial charge on any atom is -0.459 e. The average molecular weight is 922 g/mol. The number of likely N-dealkylation sites (N-methyl/N-ethyl adjacent to an activating group) is 1. The molecular weight excluding hydrogens is 843 g/mol. The number of rotatable bonds is 26. The van der Waals surface area contributed by atoms with Crippen LogP contribution in [0.1, 0.15) is 159 Å². The molecule has 11 nitrogen and oxygen atoms in total. The molecule has 3 aliphatic rings. The minimum absolute atomic E-state index is 0.0267. The van der Waals surface area contributed by atoms with Crippen LogP contribution >= 0.6 is 0 Å². The van der Waals surface area contributed by atoms with Crippen molar-refractivity contribution in [2.24, 2.45) is 22.9 Å². The van der Waals surface area contributed by atoms with Crippen LogP contribution in [-0.2, 0) is 9.57 Å². The van der Waals surface area contributed by atoms with Gasteiger partial charge in [-0.3, -0.25) is 4.79 Å². The molecule has 67 heavy (non-hydrogen) atoms. The van der Waals surface area contributed by atoms with Crippen LogP contribution < -0.4 is 14.8 Å². The largest absolute Gasteiger partial charge is 0.459 e. The Morgan fingerprint density at radius 1 is 0.881 bits per heavy atom. The predicted octanol–water partition coefficient (Wildman–Crippen LogP) is 12.1. The highest BCUT2D eigenvalue weighted by Crippen LogP contribution is 2.62. The third kappa shape index (κ3) is 13.3. The number of ether oxygens (including phenoxy) is 3. The zero-order valence-corrected chi connectivity index (χ0v) is 41.1. The van der Waals surface area contributed by atoms with E-state index in [1.807, 2.05) is 82.4 Å². The van der Waals surface area contributed by atoms with Crippen molar-refractivity contribution in [2.45, 2.75) is 160 Å². The minimum atomic E-state index is -1.40. The highest BCUT2D eigenvalue weighted by atomic mass is 16.7. The lowest BCUT2D eigenvalue weighted by Gasteiger charge is -2.59. The van der Waals surface area contributed by atoms with Crippen molar-refractivity contribution in [3.05, 3.63) is 96.1 Å². The molecule has 366 valence electrons. The van der Waals surface area contributed by atoms with E-state index < -0.39 is 29.4 Å². The van der Waals surface area contributed by atoms with Crippen molar-refractivity contribution in [2.75, 3.05) is 33.4 Å². The van der Waals surface area contributed by atoms with Crippen molar-refractivity contribution < 1.29 is 38.9 Å². The van der Waals surface area contributed by atoms with Gasteiger partial charge in [-0.05, 0) is 111 Å². The number of benzene rings is 3. The average Bonchev–Trinajstić information content (AvgIpc) is 3.32. The first-order valence-corrected chi connectivity index (χ1v) is 25.4. The summed E-state index contributed by atoms with van der Waals surface area (Å²) in [4.78, 5) is 36.2. The summed E-state index contributed by atoms with van der Waals surface area (Å²) >= 11 is 0. The fraction of sp³-hybridized carbons (Fsp3) is 0.589. The SMILES string of the molecule is C=CCO[C@@]12Oc3ccc(OC(=O)NCCCCCCCCCCCC)cc3[C@H]3[C@H](CCCCO)[C@@H](CCCCO)C=C(C(=NOC(C)(C)C)C[C@@H]1N(C)C(=O)c1ccc4ccccc4c1)[C@H]32. The first-order valence-electron chi connectivity index (χ1n) is 25.4. The second kappa shape index (κ2) is 25.1. The van der Waals surface area contributed by atoms with E-state index >= 15 is 0 Å². The molecule has 2 amide bonds. The van der Waals surface area contributed by atoms with E-state index in [-0.39, 0.29) is 49.9 Å². The Balaban J connectivity index is 1.38. The van der Waals surface area contributed by atoms with E-state index in [1.165, 1.54) is 44.9 Å². The molecular formula is C56H79N3O8. The van der Waals surface area contributed by atoms with Crippen LogP contribution in [0.25, 0.3) is 10.8 Å². The topological polar surface area (TPSA) is 139 Å². The molecule has 0 unspecified atom stereocenters. The number of hydrogen-bond acceptors (Lipinski definition) is 9. The maximum absolute atomic E-state index is 14.9. The molecule has 3 aromatic rings. The van der Waals surface area contributed by atoms with Gasteiger partial charge in [-0.25, -0.2) is 4.79 Å². The number of nitrogens with one attached hydrogen (secondary N) is 1. The van der Waals surface area contributed by atoms with Crippen LogP contribution in [0.15, 0.2) is 90.1 Å². The summed E-state index contributed by atoms with van der Waals surface area (Å²) in [5, 5.41) is 29.8. The molecule has 1 fully saturated rings. The molecule has 0 aromatic heterocycles. The Kier molecular flexibility index (Phi) is 19.3. The number of allylic oxidation sites excluding steroid dienone is 1. The van der Waals surface area contributed by atoms with Crippen molar-refractivity contribution in [3.8, 4) is 11.5 Å². The van der Waals surface area contributed by atoms with Gasteiger partial charge >= 0.3 is 6.09 Å².